The molecule has 0 bridgehead atoms. The second-order valence-corrected chi connectivity index (χ2v) is 4.52. The third-order valence-corrected chi connectivity index (χ3v) is 3.21. The van der Waals surface area contributed by atoms with Crippen LogP contribution in [0.1, 0.15) is 16.8 Å². The summed E-state index contributed by atoms with van der Waals surface area (Å²) >= 11 is 1.74. The molecule has 0 aliphatic rings. The van der Waals surface area contributed by atoms with Crippen LogP contribution in [0.5, 0.6) is 0 Å². The lowest BCUT2D eigenvalue weighted by Gasteiger charge is -2.17. The largest absolute Gasteiger partial charge is 0.395 e. The molecule has 0 radical (unpaired) electrons. The van der Waals surface area contributed by atoms with E-state index in [1.165, 1.54) is 9.88 Å². The smallest absolute Gasteiger partial charge is 0.0925 e. The Kier molecular flexibility index (Phi) is 5.53. The molecule has 0 aliphatic carbocycles. The summed E-state index contributed by atoms with van der Waals surface area (Å²) in [6.07, 6.45) is 4.78. The lowest BCUT2D eigenvalue weighted by Crippen LogP contribution is -2.26. The van der Waals surface area contributed by atoms with E-state index in [0.717, 1.165) is 19.5 Å². The Morgan fingerprint density at radius 3 is 3.00 bits per heavy atom. The van der Waals surface area contributed by atoms with Gasteiger partial charge in [0.05, 0.1) is 11.6 Å². The second kappa shape index (κ2) is 6.71. The number of aliphatic hydroxyl groups is 1. The molecule has 84 valence electrons. The fourth-order valence-corrected chi connectivity index (χ4v) is 2.27. The van der Waals surface area contributed by atoms with E-state index in [4.69, 9.17) is 5.11 Å². The monoisotopic (exact) mass is 226 g/mol. The highest BCUT2D eigenvalue weighted by Gasteiger charge is 2.06. The number of aromatic nitrogens is 1. The van der Waals surface area contributed by atoms with E-state index in [1.54, 1.807) is 11.3 Å². The van der Waals surface area contributed by atoms with Crippen LogP contribution < -0.4 is 0 Å². The van der Waals surface area contributed by atoms with Crippen LogP contribution in [-0.4, -0.2) is 34.7 Å². The molecule has 0 aliphatic heterocycles. The van der Waals surface area contributed by atoms with Crippen molar-refractivity contribution >= 4 is 11.3 Å². The first-order valence-corrected chi connectivity index (χ1v) is 5.99. The predicted octanol–water partition coefficient (Wildman–Crippen LogP) is 1.69. The molecule has 0 aromatic carbocycles. The summed E-state index contributed by atoms with van der Waals surface area (Å²) in [5.41, 5.74) is 0. The van der Waals surface area contributed by atoms with Gasteiger partial charge in [0, 0.05) is 30.7 Å². The van der Waals surface area contributed by atoms with Crippen molar-refractivity contribution in [3.05, 3.63) is 28.7 Å². The molecule has 0 saturated carbocycles. The van der Waals surface area contributed by atoms with Gasteiger partial charge < -0.3 is 5.11 Å². The standard InChI is InChI=1S/C11H18N2OS/c1-3-5-13(6-7-14)9-10-8-12-11(4-2)15-10/h3,8,14H,1,4-7,9H2,2H3. The average Bonchev–Trinajstić information content (AvgIpc) is 2.66. The van der Waals surface area contributed by atoms with E-state index < -0.39 is 0 Å². The molecule has 0 saturated heterocycles. The Balaban J connectivity index is 2.52. The van der Waals surface area contributed by atoms with Gasteiger partial charge in [-0.05, 0) is 6.42 Å². The van der Waals surface area contributed by atoms with Crippen LogP contribution in [0.3, 0.4) is 0 Å². The van der Waals surface area contributed by atoms with E-state index in [2.05, 4.69) is 23.4 Å². The van der Waals surface area contributed by atoms with Crippen molar-refractivity contribution in [1.29, 1.82) is 0 Å². The molecular weight excluding hydrogens is 208 g/mol. The van der Waals surface area contributed by atoms with Gasteiger partial charge in [-0.25, -0.2) is 4.98 Å². The molecule has 1 N–H and O–H groups in total. The molecule has 15 heavy (non-hydrogen) atoms. The van der Waals surface area contributed by atoms with Crippen molar-refractivity contribution in [1.82, 2.24) is 9.88 Å². The molecule has 3 nitrogen and oxygen atoms in total. The highest BCUT2D eigenvalue weighted by Crippen LogP contribution is 2.15. The number of nitrogens with zero attached hydrogens (tertiary/aromatic N) is 2. The number of hydrogen-bond donors (Lipinski definition) is 1. The lowest BCUT2D eigenvalue weighted by atomic mass is 10.4. The first kappa shape index (κ1) is 12.4. The summed E-state index contributed by atoms with van der Waals surface area (Å²) < 4.78 is 0. The molecule has 0 spiro atoms. The normalized spacial score (nSPS) is 10.9. The predicted molar refractivity (Wildman–Crippen MR) is 64.1 cm³/mol. The quantitative estimate of drug-likeness (QED) is 0.719. The molecule has 0 atom stereocenters. The molecule has 1 rings (SSSR count). The first-order chi connectivity index (χ1) is 7.30. The molecule has 4 heteroatoms. The Bertz CT molecular complexity index is 299. The summed E-state index contributed by atoms with van der Waals surface area (Å²) in [6.45, 7) is 8.35. The maximum Gasteiger partial charge on any atom is 0.0925 e. The van der Waals surface area contributed by atoms with Gasteiger partial charge in [0.25, 0.3) is 0 Å². The van der Waals surface area contributed by atoms with Gasteiger partial charge in [-0.15, -0.1) is 17.9 Å². The van der Waals surface area contributed by atoms with Crippen molar-refractivity contribution in [3.8, 4) is 0 Å². The van der Waals surface area contributed by atoms with Crippen LogP contribution in [-0.2, 0) is 13.0 Å². The summed E-state index contributed by atoms with van der Waals surface area (Å²) in [4.78, 5) is 7.72. The number of hydrogen-bond acceptors (Lipinski definition) is 4. The fraction of sp³-hybridized carbons (Fsp3) is 0.545. The highest BCUT2D eigenvalue weighted by molar-refractivity contribution is 7.11. The molecule has 1 aromatic rings. The van der Waals surface area contributed by atoms with Gasteiger partial charge >= 0.3 is 0 Å². The van der Waals surface area contributed by atoms with Crippen LogP contribution in [0.25, 0.3) is 0 Å². The third-order valence-electron chi connectivity index (χ3n) is 2.09. The molecular formula is C11H18N2OS. The molecule has 0 fully saturated rings. The van der Waals surface area contributed by atoms with Gasteiger partial charge in [0.2, 0.25) is 0 Å². The van der Waals surface area contributed by atoms with E-state index >= 15 is 0 Å². The van der Waals surface area contributed by atoms with Crippen molar-refractivity contribution in [2.75, 3.05) is 19.7 Å². The van der Waals surface area contributed by atoms with Crippen molar-refractivity contribution < 1.29 is 5.11 Å². The van der Waals surface area contributed by atoms with E-state index in [0.29, 0.717) is 6.54 Å². The van der Waals surface area contributed by atoms with Crippen LogP contribution in [0.2, 0.25) is 0 Å². The Hall–Kier alpha value is -0.710. The van der Waals surface area contributed by atoms with Gasteiger partial charge in [-0.3, -0.25) is 4.90 Å². The minimum Gasteiger partial charge on any atom is -0.395 e. The van der Waals surface area contributed by atoms with Crippen molar-refractivity contribution in [3.63, 3.8) is 0 Å². The molecule has 0 unspecified atom stereocenters. The SMILES string of the molecule is C=CCN(CCO)Cc1cnc(CC)s1. The Morgan fingerprint density at radius 2 is 2.47 bits per heavy atom. The zero-order valence-electron chi connectivity index (χ0n) is 9.15. The third kappa shape index (κ3) is 4.11. The average molecular weight is 226 g/mol. The fourth-order valence-electron chi connectivity index (χ4n) is 1.36. The van der Waals surface area contributed by atoms with E-state index in [9.17, 15) is 0 Å². The number of thiazole rings is 1. The van der Waals surface area contributed by atoms with Crippen molar-refractivity contribution in [2.45, 2.75) is 19.9 Å². The van der Waals surface area contributed by atoms with Gasteiger partial charge in [-0.2, -0.15) is 0 Å². The van der Waals surface area contributed by atoms with E-state index in [-0.39, 0.29) is 6.61 Å². The molecule has 1 heterocycles. The van der Waals surface area contributed by atoms with Crippen LogP contribution in [0.4, 0.5) is 0 Å². The Morgan fingerprint density at radius 1 is 1.67 bits per heavy atom. The van der Waals surface area contributed by atoms with Gasteiger partial charge in [0.15, 0.2) is 0 Å². The molecule has 0 amide bonds. The van der Waals surface area contributed by atoms with Crippen LogP contribution in [0.15, 0.2) is 18.9 Å². The number of rotatable bonds is 7. The molecule has 1 aromatic heterocycles. The maximum atomic E-state index is 8.90. The lowest BCUT2D eigenvalue weighted by molar-refractivity contribution is 0.204. The first-order valence-electron chi connectivity index (χ1n) is 5.17. The number of aryl methyl sites for hydroxylation is 1. The zero-order valence-corrected chi connectivity index (χ0v) is 9.96. The summed E-state index contributed by atoms with van der Waals surface area (Å²) in [6, 6.07) is 0. The summed E-state index contributed by atoms with van der Waals surface area (Å²) in [5.74, 6) is 0. The maximum absolute atomic E-state index is 8.90. The minimum absolute atomic E-state index is 0.188. The topological polar surface area (TPSA) is 36.4 Å². The van der Waals surface area contributed by atoms with Crippen LogP contribution in [0, 0.1) is 0 Å². The summed E-state index contributed by atoms with van der Waals surface area (Å²) in [7, 11) is 0. The number of aliphatic hydroxyl groups excluding tert-OH is 1. The second-order valence-electron chi connectivity index (χ2n) is 3.32. The van der Waals surface area contributed by atoms with E-state index in [1.807, 2.05) is 12.3 Å². The van der Waals surface area contributed by atoms with Gasteiger partial charge in [0.1, 0.15) is 0 Å². The Labute approximate surface area is 95.1 Å². The summed E-state index contributed by atoms with van der Waals surface area (Å²) in [5, 5.41) is 10.1. The van der Waals surface area contributed by atoms with Crippen LogP contribution >= 0.6 is 11.3 Å². The van der Waals surface area contributed by atoms with Crippen molar-refractivity contribution in [2.24, 2.45) is 0 Å². The van der Waals surface area contributed by atoms with Gasteiger partial charge in [-0.1, -0.05) is 13.0 Å². The zero-order chi connectivity index (χ0) is 11.1. The minimum atomic E-state index is 0.188. The highest BCUT2D eigenvalue weighted by atomic mass is 32.1.